The van der Waals surface area contributed by atoms with Crippen LogP contribution >= 0.6 is 0 Å². The third-order valence-corrected chi connectivity index (χ3v) is 5.50. The van der Waals surface area contributed by atoms with E-state index in [9.17, 15) is 14.7 Å². The van der Waals surface area contributed by atoms with Crippen LogP contribution in [-0.4, -0.2) is 85.6 Å². The average Bonchev–Trinajstić information content (AvgIpc) is 2.60. The minimum atomic E-state index is -0.459. The van der Waals surface area contributed by atoms with Gasteiger partial charge in [-0.2, -0.15) is 0 Å². The molecule has 3 fully saturated rings. The topological polar surface area (TPSA) is 100 Å². The number of aliphatic hydroxyl groups excluding tert-OH is 1. The summed E-state index contributed by atoms with van der Waals surface area (Å²) in [6, 6.07) is 0.117. The van der Waals surface area contributed by atoms with E-state index in [0.717, 1.165) is 25.9 Å². The Kier molecular flexibility index (Phi) is 7.24. The van der Waals surface area contributed by atoms with Crippen LogP contribution in [-0.2, 0) is 19.1 Å². The van der Waals surface area contributed by atoms with E-state index in [1.54, 1.807) is 0 Å². The number of carbonyl (C=O) groups is 2. The summed E-state index contributed by atoms with van der Waals surface area (Å²) in [4.78, 5) is 26.4. The van der Waals surface area contributed by atoms with Gasteiger partial charge in [0.15, 0.2) is 0 Å². The SMILES string of the molecule is O=C(C[C@H]1CC[C@H](NC(=O)CN2CCOCC2)[C@@H](CO)O1)NC1CCC1. The molecule has 8 nitrogen and oxygen atoms in total. The third kappa shape index (κ3) is 5.64. The molecule has 0 spiro atoms. The Hall–Kier alpha value is -1.22. The highest BCUT2D eigenvalue weighted by molar-refractivity contribution is 5.78. The minimum Gasteiger partial charge on any atom is -0.394 e. The molecular formula is C18H31N3O5. The molecule has 0 bridgehead atoms. The highest BCUT2D eigenvalue weighted by atomic mass is 16.5. The fourth-order valence-electron chi connectivity index (χ4n) is 3.71. The highest BCUT2D eigenvalue weighted by Crippen LogP contribution is 2.23. The number of carbonyl (C=O) groups excluding carboxylic acids is 2. The first-order valence-electron chi connectivity index (χ1n) is 9.79. The largest absolute Gasteiger partial charge is 0.394 e. The molecule has 148 valence electrons. The van der Waals surface area contributed by atoms with E-state index in [4.69, 9.17) is 9.47 Å². The lowest BCUT2D eigenvalue weighted by atomic mass is 9.92. The number of rotatable bonds is 7. The monoisotopic (exact) mass is 369 g/mol. The predicted octanol–water partition coefficient (Wildman–Crippen LogP) is -0.598. The van der Waals surface area contributed by atoms with Crippen LogP contribution in [0.3, 0.4) is 0 Å². The van der Waals surface area contributed by atoms with Gasteiger partial charge in [0.05, 0.1) is 44.9 Å². The van der Waals surface area contributed by atoms with Crippen molar-refractivity contribution in [2.24, 2.45) is 0 Å². The summed E-state index contributed by atoms with van der Waals surface area (Å²) in [5.41, 5.74) is 0. The van der Waals surface area contributed by atoms with E-state index >= 15 is 0 Å². The van der Waals surface area contributed by atoms with E-state index in [1.807, 2.05) is 0 Å². The van der Waals surface area contributed by atoms with Gasteiger partial charge in [-0.1, -0.05) is 0 Å². The van der Waals surface area contributed by atoms with Crippen molar-refractivity contribution >= 4 is 11.8 Å². The number of nitrogens with one attached hydrogen (secondary N) is 2. The minimum absolute atomic E-state index is 0.0196. The second-order valence-electron chi connectivity index (χ2n) is 7.52. The first-order chi connectivity index (χ1) is 12.6. The lowest BCUT2D eigenvalue weighted by Crippen LogP contribution is -2.54. The molecule has 0 unspecified atom stereocenters. The molecule has 0 aromatic heterocycles. The van der Waals surface area contributed by atoms with Crippen LogP contribution in [0.2, 0.25) is 0 Å². The first kappa shape index (κ1) is 19.5. The molecule has 3 aliphatic rings. The van der Waals surface area contributed by atoms with E-state index in [1.165, 1.54) is 6.42 Å². The van der Waals surface area contributed by atoms with Gasteiger partial charge in [-0.3, -0.25) is 14.5 Å². The molecule has 3 rings (SSSR count). The number of aliphatic hydroxyl groups is 1. The molecule has 8 heteroatoms. The number of hydrogen-bond donors (Lipinski definition) is 3. The van der Waals surface area contributed by atoms with E-state index < -0.39 is 6.10 Å². The van der Waals surface area contributed by atoms with Gasteiger partial charge in [0.2, 0.25) is 11.8 Å². The van der Waals surface area contributed by atoms with Crippen molar-refractivity contribution in [3.8, 4) is 0 Å². The van der Waals surface area contributed by atoms with Crippen LogP contribution in [0, 0.1) is 0 Å². The molecule has 3 atom stereocenters. The van der Waals surface area contributed by atoms with Crippen molar-refractivity contribution in [3.05, 3.63) is 0 Å². The van der Waals surface area contributed by atoms with Crippen LogP contribution < -0.4 is 10.6 Å². The maximum Gasteiger partial charge on any atom is 0.234 e. The van der Waals surface area contributed by atoms with E-state index in [2.05, 4.69) is 15.5 Å². The molecule has 26 heavy (non-hydrogen) atoms. The van der Waals surface area contributed by atoms with Crippen LogP contribution in [0.4, 0.5) is 0 Å². The van der Waals surface area contributed by atoms with Gasteiger partial charge in [0, 0.05) is 19.1 Å². The quantitative estimate of drug-likeness (QED) is 0.554. The van der Waals surface area contributed by atoms with Crippen molar-refractivity contribution in [2.45, 2.75) is 62.8 Å². The fourth-order valence-corrected chi connectivity index (χ4v) is 3.71. The Morgan fingerprint density at radius 3 is 2.46 bits per heavy atom. The summed E-state index contributed by atoms with van der Waals surface area (Å²) in [6.07, 6.45) is 4.39. The summed E-state index contributed by atoms with van der Waals surface area (Å²) in [5.74, 6) is -0.0358. The van der Waals surface area contributed by atoms with E-state index in [0.29, 0.717) is 45.1 Å². The summed E-state index contributed by atoms with van der Waals surface area (Å²) < 4.78 is 11.2. The summed E-state index contributed by atoms with van der Waals surface area (Å²) in [6.45, 7) is 3.01. The van der Waals surface area contributed by atoms with Crippen LogP contribution in [0.5, 0.6) is 0 Å². The molecule has 2 heterocycles. The van der Waals surface area contributed by atoms with E-state index in [-0.39, 0.29) is 30.6 Å². The molecule has 2 saturated heterocycles. The molecule has 1 aliphatic carbocycles. The Morgan fingerprint density at radius 2 is 1.81 bits per heavy atom. The smallest absolute Gasteiger partial charge is 0.234 e. The zero-order valence-corrected chi connectivity index (χ0v) is 15.3. The van der Waals surface area contributed by atoms with Crippen molar-refractivity contribution in [2.75, 3.05) is 39.5 Å². The first-order valence-corrected chi connectivity index (χ1v) is 9.79. The van der Waals surface area contributed by atoms with Crippen molar-refractivity contribution in [1.29, 1.82) is 0 Å². The predicted molar refractivity (Wildman–Crippen MR) is 94.6 cm³/mol. The molecule has 0 aromatic carbocycles. The lowest BCUT2D eigenvalue weighted by molar-refractivity contribution is -0.137. The Labute approximate surface area is 154 Å². The van der Waals surface area contributed by atoms with Crippen LogP contribution in [0.1, 0.15) is 38.5 Å². The Balaban J connectivity index is 1.40. The van der Waals surface area contributed by atoms with Crippen molar-refractivity contribution < 1.29 is 24.2 Å². The van der Waals surface area contributed by atoms with Gasteiger partial charge < -0.3 is 25.2 Å². The zero-order chi connectivity index (χ0) is 18.4. The number of amides is 2. The van der Waals surface area contributed by atoms with Gasteiger partial charge in [-0.25, -0.2) is 0 Å². The van der Waals surface area contributed by atoms with Gasteiger partial charge in [-0.05, 0) is 32.1 Å². The third-order valence-electron chi connectivity index (χ3n) is 5.50. The number of hydrogen-bond acceptors (Lipinski definition) is 6. The fraction of sp³-hybridized carbons (Fsp3) is 0.889. The molecule has 2 amide bonds. The molecule has 0 aromatic rings. The summed E-state index contributed by atoms with van der Waals surface area (Å²) >= 11 is 0. The standard InChI is InChI=1S/C18H31N3O5/c22-12-16-15(20-18(24)11-21-6-8-25-9-7-21)5-4-14(26-16)10-17(23)19-13-2-1-3-13/h13-16,22H,1-12H2,(H,19,23)(H,20,24)/t14-,15+,16-/m1/s1. The maximum atomic E-state index is 12.3. The molecule has 0 radical (unpaired) electrons. The van der Waals surface area contributed by atoms with Gasteiger partial charge in [0.1, 0.15) is 6.10 Å². The maximum absolute atomic E-state index is 12.3. The second-order valence-corrected chi connectivity index (χ2v) is 7.52. The number of nitrogens with zero attached hydrogens (tertiary/aromatic N) is 1. The second kappa shape index (κ2) is 9.64. The number of ether oxygens (including phenoxy) is 2. The normalized spacial score (nSPS) is 30.4. The van der Waals surface area contributed by atoms with Crippen LogP contribution in [0.25, 0.3) is 0 Å². The zero-order valence-electron chi connectivity index (χ0n) is 15.3. The van der Waals surface area contributed by atoms with Gasteiger partial charge >= 0.3 is 0 Å². The Morgan fingerprint density at radius 1 is 1.04 bits per heavy atom. The van der Waals surface area contributed by atoms with Crippen LogP contribution in [0.15, 0.2) is 0 Å². The highest BCUT2D eigenvalue weighted by Gasteiger charge is 2.33. The molecule has 2 aliphatic heterocycles. The van der Waals surface area contributed by atoms with Crippen molar-refractivity contribution in [1.82, 2.24) is 15.5 Å². The summed E-state index contributed by atoms with van der Waals surface area (Å²) in [5, 5.41) is 15.6. The summed E-state index contributed by atoms with van der Waals surface area (Å²) in [7, 11) is 0. The molecule has 1 saturated carbocycles. The molecular weight excluding hydrogens is 338 g/mol. The lowest BCUT2D eigenvalue weighted by Gasteiger charge is -2.37. The number of morpholine rings is 1. The van der Waals surface area contributed by atoms with Gasteiger partial charge in [0.25, 0.3) is 0 Å². The molecule has 3 N–H and O–H groups in total. The van der Waals surface area contributed by atoms with Crippen molar-refractivity contribution in [3.63, 3.8) is 0 Å². The average molecular weight is 369 g/mol. The van der Waals surface area contributed by atoms with Gasteiger partial charge in [-0.15, -0.1) is 0 Å². The Bertz CT molecular complexity index is 479.